The fourth-order valence-electron chi connectivity index (χ4n) is 5.12. The van der Waals surface area contributed by atoms with E-state index in [9.17, 15) is 33.8 Å². The number of esters is 2. The number of thioether (sulfide) groups is 1. The SMILES string of the molecule is CC/C=C\C/C=C\C/C=C\C/C=C\C/C=C\C/C=C\CCC(=O)OC[C@H](COP(=O)(O)O)OC(=O)[C@@H](N)CS[C@H](/C=C/C=C/C=C\C/C=C\CCCCC)[C@@H](O)CCCC(=O)O. The molecule has 62 heavy (non-hydrogen) atoms. The van der Waals surface area contributed by atoms with Gasteiger partial charge in [-0.25, -0.2) is 4.57 Å². The van der Waals surface area contributed by atoms with Crippen LogP contribution in [0.4, 0.5) is 0 Å². The molecule has 0 amide bonds. The largest absolute Gasteiger partial charge is 0.481 e. The number of carboxylic acid groups (broad SMARTS) is 1. The topological polar surface area (TPSA) is 203 Å². The molecule has 6 N–H and O–H groups in total. The van der Waals surface area contributed by atoms with Crippen LogP contribution < -0.4 is 5.73 Å². The number of nitrogens with two attached hydrogens (primary N) is 1. The Balaban J connectivity index is 4.94. The minimum atomic E-state index is -4.94. The third-order valence-corrected chi connectivity index (χ3v) is 10.4. The van der Waals surface area contributed by atoms with E-state index >= 15 is 0 Å². The van der Waals surface area contributed by atoms with Crippen LogP contribution in [-0.2, 0) is 32.9 Å². The summed E-state index contributed by atoms with van der Waals surface area (Å²) < 4.78 is 26.5. The molecule has 0 aliphatic heterocycles. The third kappa shape index (κ3) is 40.3. The van der Waals surface area contributed by atoms with E-state index in [0.29, 0.717) is 12.8 Å². The van der Waals surface area contributed by atoms with Gasteiger partial charge in [-0.05, 0) is 77.0 Å². The van der Waals surface area contributed by atoms with Gasteiger partial charge in [-0.15, -0.1) is 11.8 Å². The van der Waals surface area contributed by atoms with Gasteiger partial charge in [-0.1, -0.05) is 148 Å². The van der Waals surface area contributed by atoms with E-state index < -0.39 is 62.4 Å². The predicted molar refractivity (Wildman–Crippen MR) is 253 cm³/mol. The molecule has 4 atom stereocenters. The van der Waals surface area contributed by atoms with Crippen molar-refractivity contribution >= 4 is 37.5 Å². The number of aliphatic carboxylic acids is 1. The van der Waals surface area contributed by atoms with Crippen molar-refractivity contribution in [1.82, 2.24) is 0 Å². The lowest BCUT2D eigenvalue weighted by atomic mass is 10.1. The van der Waals surface area contributed by atoms with Crippen molar-refractivity contribution in [2.75, 3.05) is 19.0 Å². The van der Waals surface area contributed by atoms with Crippen LogP contribution in [-0.4, -0.2) is 80.4 Å². The number of allylic oxidation sites excluding steroid dienone is 19. The monoisotopic (exact) mass is 903 g/mol. The number of unbranched alkanes of at least 4 members (excludes halogenated alkanes) is 3. The van der Waals surface area contributed by atoms with Gasteiger partial charge in [-0.3, -0.25) is 18.9 Å². The number of rotatable bonds is 38. The van der Waals surface area contributed by atoms with Gasteiger partial charge in [0.1, 0.15) is 12.6 Å². The van der Waals surface area contributed by atoms with Crippen molar-refractivity contribution in [3.05, 3.63) is 122 Å². The zero-order valence-electron chi connectivity index (χ0n) is 36.9. The summed E-state index contributed by atoms with van der Waals surface area (Å²) in [4.78, 5) is 54.8. The highest BCUT2D eigenvalue weighted by atomic mass is 32.2. The highest BCUT2D eigenvalue weighted by molar-refractivity contribution is 8.00. The molecule has 0 unspecified atom stereocenters. The summed E-state index contributed by atoms with van der Waals surface area (Å²) in [7, 11) is -4.94. The van der Waals surface area contributed by atoms with Crippen molar-refractivity contribution in [3.63, 3.8) is 0 Å². The molecule has 0 fully saturated rings. The summed E-state index contributed by atoms with van der Waals surface area (Å²) >= 11 is 1.17. The highest BCUT2D eigenvalue weighted by Gasteiger charge is 2.27. The lowest BCUT2D eigenvalue weighted by Crippen LogP contribution is -2.40. The van der Waals surface area contributed by atoms with E-state index in [1.807, 2.05) is 36.5 Å². The maximum Gasteiger partial charge on any atom is 0.469 e. The number of phosphoric acid groups is 1. The van der Waals surface area contributed by atoms with Crippen molar-refractivity contribution in [2.45, 2.75) is 140 Å². The van der Waals surface area contributed by atoms with Gasteiger partial charge in [0.2, 0.25) is 0 Å². The standard InChI is InChI=1S/C48H74NO11PS/c1-3-5-7-9-11-13-15-17-18-19-20-21-22-23-25-27-29-31-33-38-47(53)58-39-42(40-59-61(55,56)57)60-48(54)43(49)41-62-45(44(50)35-34-37-46(51)52)36-32-30-28-26-24-16-14-12-10-8-6-4-2/h5,7,11-14,17-18,20-21,23-26,28-32,36,42-45,50H,3-4,6,8-10,15-16,19,22,27,33-35,37-41,49H2,1-2H3,(H,51,52)(H2,55,56,57)/b7-5-,13-11-,14-12-,18-17-,21-20-,25-23-,26-24-,30-28+,31-29-,36-32+/t42-,43+,44+,45-/m1/s1. The van der Waals surface area contributed by atoms with Gasteiger partial charge in [0.25, 0.3) is 0 Å². The minimum absolute atomic E-state index is 0.0180. The van der Waals surface area contributed by atoms with Crippen LogP contribution >= 0.6 is 19.6 Å². The molecule has 0 rings (SSSR count). The van der Waals surface area contributed by atoms with Gasteiger partial charge in [0.15, 0.2) is 6.10 Å². The summed E-state index contributed by atoms with van der Waals surface area (Å²) in [5, 5.41) is 19.3. The van der Waals surface area contributed by atoms with Crippen LogP contribution in [0.15, 0.2) is 122 Å². The van der Waals surface area contributed by atoms with Crippen molar-refractivity contribution in [2.24, 2.45) is 5.73 Å². The first-order valence-electron chi connectivity index (χ1n) is 21.8. The van der Waals surface area contributed by atoms with E-state index in [0.717, 1.165) is 44.9 Å². The zero-order chi connectivity index (χ0) is 45.9. The van der Waals surface area contributed by atoms with Gasteiger partial charge in [0, 0.05) is 23.8 Å². The number of aliphatic hydroxyl groups excluding tert-OH is 1. The van der Waals surface area contributed by atoms with E-state index in [-0.39, 0.29) is 31.4 Å². The number of carbonyl (C=O) groups excluding carboxylic acids is 2. The van der Waals surface area contributed by atoms with Crippen LogP contribution in [0.25, 0.3) is 0 Å². The normalized spacial score (nSPS) is 15.1. The smallest absolute Gasteiger partial charge is 0.469 e. The number of phosphoric ester groups is 1. The molecule has 0 aliphatic rings. The van der Waals surface area contributed by atoms with E-state index in [1.165, 1.54) is 31.0 Å². The van der Waals surface area contributed by atoms with Gasteiger partial charge in [0.05, 0.1) is 12.7 Å². The first kappa shape index (κ1) is 58.2. The second-order valence-corrected chi connectivity index (χ2v) is 16.6. The molecule has 0 saturated heterocycles. The molecule has 0 aromatic carbocycles. The lowest BCUT2D eigenvalue weighted by molar-refractivity contribution is -0.161. The molecule has 0 saturated carbocycles. The molecule has 0 aromatic rings. The molecule has 0 aliphatic carbocycles. The Bertz CT molecular complexity index is 1540. The van der Waals surface area contributed by atoms with E-state index in [2.05, 4.69) is 85.2 Å². The average molecular weight is 904 g/mol. The number of ether oxygens (including phenoxy) is 2. The number of hydrogen-bond donors (Lipinski definition) is 5. The lowest BCUT2D eigenvalue weighted by Gasteiger charge is -2.23. The number of hydrogen-bond acceptors (Lipinski definition) is 10. The van der Waals surface area contributed by atoms with Crippen LogP contribution in [0.1, 0.15) is 117 Å². The molecule has 0 heterocycles. The fraction of sp³-hybridized carbons (Fsp3) is 0.521. The second-order valence-electron chi connectivity index (χ2n) is 14.1. The number of carbonyl (C=O) groups is 3. The Labute approximate surface area is 375 Å². The Morgan fingerprint density at radius 2 is 1.23 bits per heavy atom. The zero-order valence-corrected chi connectivity index (χ0v) is 38.6. The van der Waals surface area contributed by atoms with Gasteiger partial charge in [-0.2, -0.15) is 0 Å². The Morgan fingerprint density at radius 1 is 0.677 bits per heavy atom. The predicted octanol–water partition coefficient (Wildman–Crippen LogP) is 10.3. The Morgan fingerprint density at radius 3 is 1.79 bits per heavy atom. The number of aliphatic hydroxyl groups is 1. The minimum Gasteiger partial charge on any atom is -0.481 e. The first-order chi connectivity index (χ1) is 29.9. The molecule has 0 spiro atoms. The molecule has 0 aromatic heterocycles. The summed E-state index contributed by atoms with van der Waals surface area (Å²) in [5.74, 6) is -2.53. The van der Waals surface area contributed by atoms with Gasteiger partial charge >= 0.3 is 25.7 Å². The molecule has 14 heteroatoms. The fourth-order valence-corrected chi connectivity index (χ4v) is 6.60. The van der Waals surface area contributed by atoms with Crippen LogP contribution in [0, 0.1) is 0 Å². The summed E-state index contributed by atoms with van der Waals surface area (Å²) in [6.07, 6.45) is 49.8. The van der Waals surface area contributed by atoms with Crippen LogP contribution in [0.5, 0.6) is 0 Å². The molecule has 0 radical (unpaired) electrons. The van der Waals surface area contributed by atoms with Gasteiger partial charge < -0.3 is 35.2 Å². The maximum atomic E-state index is 12.9. The third-order valence-electron chi connectivity index (χ3n) is 8.48. The molecule has 0 bridgehead atoms. The molecule has 348 valence electrons. The second kappa shape index (κ2) is 41.2. The first-order valence-corrected chi connectivity index (χ1v) is 24.4. The summed E-state index contributed by atoms with van der Waals surface area (Å²) in [6.45, 7) is 3.03. The van der Waals surface area contributed by atoms with Crippen LogP contribution in [0.2, 0.25) is 0 Å². The Hall–Kier alpha value is -3.81. The highest BCUT2D eigenvalue weighted by Crippen LogP contribution is 2.36. The Kier molecular flexibility index (Phi) is 38.7. The van der Waals surface area contributed by atoms with Crippen molar-refractivity contribution in [1.29, 1.82) is 0 Å². The molecular weight excluding hydrogens is 830 g/mol. The van der Waals surface area contributed by atoms with E-state index in [4.69, 9.17) is 20.3 Å². The summed E-state index contributed by atoms with van der Waals surface area (Å²) in [5.41, 5.74) is 6.11. The maximum absolute atomic E-state index is 12.9. The molecular formula is C48H74NO11PS. The quantitative estimate of drug-likeness (QED) is 0.0129. The number of carboxylic acids is 1. The van der Waals surface area contributed by atoms with Crippen LogP contribution in [0.3, 0.4) is 0 Å². The van der Waals surface area contributed by atoms with Crippen molar-refractivity contribution < 1.29 is 52.9 Å². The summed E-state index contributed by atoms with van der Waals surface area (Å²) in [6, 6.07) is -1.23. The average Bonchev–Trinajstić information content (AvgIpc) is 3.23. The van der Waals surface area contributed by atoms with Crippen molar-refractivity contribution in [3.8, 4) is 0 Å². The van der Waals surface area contributed by atoms with E-state index in [1.54, 1.807) is 18.2 Å². The molecule has 12 nitrogen and oxygen atoms in total.